The van der Waals surface area contributed by atoms with Gasteiger partial charge in [0, 0.05) is 18.2 Å². The van der Waals surface area contributed by atoms with Crippen LogP contribution in [0.3, 0.4) is 0 Å². The lowest BCUT2D eigenvalue weighted by Crippen LogP contribution is -2.21. The van der Waals surface area contributed by atoms with Crippen molar-refractivity contribution in [3.8, 4) is 5.75 Å². The van der Waals surface area contributed by atoms with Crippen molar-refractivity contribution in [1.29, 1.82) is 0 Å². The van der Waals surface area contributed by atoms with Crippen molar-refractivity contribution in [2.45, 2.75) is 25.4 Å². The van der Waals surface area contributed by atoms with E-state index in [-0.39, 0.29) is 6.61 Å². The minimum absolute atomic E-state index is 0.0690. The highest BCUT2D eigenvalue weighted by Crippen LogP contribution is 2.22. The van der Waals surface area contributed by atoms with E-state index in [4.69, 9.17) is 10.5 Å². The van der Waals surface area contributed by atoms with Crippen molar-refractivity contribution in [2.75, 3.05) is 6.61 Å². The molecule has 3 N–H and O–H groups in total. The minimum atomic E-state index is -0.454. The number of para-hydroxylation sites is 1. The third kappa shape index (κ3) is 3.24. The predicted octanol–water partition coefficient (Wildman–Crippen LogP) is 0.803. The number of carbonyl (C=O) groups is 1. The fourth-order valence-electron chi connectivity index (χ4n) is 1.48. The van der Waals surface area contributed by atoms with Crippen molar-refractivity contribution >= 4 is 5.91 Å². The highest BCUT2D eigenvalue weighted by Gasteiger charge is 2.20. The Hall–Kier alpha value is -1.55. The first-order valence-electron chi connectivity index (χ1n) is 5.48. The molecule has 1 aliphatic carbocycles. The van der Waals surface area contributed by atoms with Gasteiger partial charge in [-0.25, -0.2) is 0 Å². The molecule has 0 unspecified atom stereocenters. The van der Waals surface area contributed by atoms with Crippen molar-refractivity contribution in [3.05, 3.63) is 29.8 Å². The van der Waals surface area contributed by atoms with Crippen LogP contribution in [0.4, 0.5) is 0 Å². The maximum Gasteiger partial charge on any atom is 0.255 e. The molecule has 0 atom stereocenters. The molecule has 0 bridgehead atoms. The monoisotopic (exact) mass is 220 g/mol. The zero-order valence-electron chi connectivity index (χ0n) is 9.11. The first-order chi connectivity index (χ1) is 7.75. The second-order valence-corrected chi connectivity index (χ2v) is 4.02. The first kappa shape index (κ1) is 11.0. The van der Waals surface area contributed by atoms with Gasteiger partial charge in [-0.15, -0.1) is 0 Å². The van der Waals surface area contributed by atoms with Gasteiger partial charge in [0.15, 0.2) is 6.61 Å². The van der Waals surface area contributed by atoms with Crippen molar-refractivity contribution in [1.82, 2.24) is 5.32 Å². The largest absolute Gasteiger partial charge is 0.483 e. The van der Waals surface area contributed by atoms with Crippen molar-refractivity contribution in [2.24, 2.45) is 5.73 Å². The van der Waals surface area contributed by atoms with Gasteiger partial charge in [-0.3, -0.25) is 4.79 Å². The number of hydrogen-bond donors (Lipinski definition) is 2. The van der Waals surface area contributed by atoms with Gasteiger partial charge in [-0.1, -0.05) is 18.2 Å². The second kappa shape index (κ2) is 4.99. The third-order valence-electron chi connectivity index (χ3n) is 2.50. The molecule has 4 nitrogen and oxygen atoms in total. The Morgan fingerprint density at radius 2 is 2.19 bits per heavy atom. The average Bonchev–Trinajstić information content (AvgIpc) is 3.08. The van der Waals surface area contributed by atoms with E-state index in [0.717, 1.165) is 17.9 Å². The average molecular weight is 220 g/mol. The summed E-state index contributed by atoms with van der Waals surface area (Å²) in [6, 6.07) is 8.35. The zero-order chi connectivity index (χ0) is 11.4. The van der Waals surface area contributed by atoms with Crippen LogP contribution < -0.4 is 15.8 Å². The van der Waals surface area contributed by atoms with E-state index in [0.29, 0.717) is 6.04 Å². The van der Waals surface area contributed by atoms with Gasteiger partial charge in [0.25, 0.3) is 5.91 Å². The van der Waals surface area contributed by atoms with E-state index in [9.17, 15) is 4.79 Å². The molecule has 86 valence electrons. The predicted molar refractivity (Wildman–Crippen MR) is 61.0 cm³/mol. The molecule has 4 heteroatoms. The Bertz CT molecular complexity index is 375. The zero-order valence-corrected chi connectivity index (χ0v) is 9.11. The molecule has 1 aromatic carbocycles. The molecule has 0 saturated heterocycles. The number of rotatable bonds is 6. The fraction of sp³-hybridized carbons (Fsp3) is 0.417. The standard InChI is InChI=1S/C12H16N2O2/c13-12(15)8-16-11-4-2-1-3-9(11)7-14-10-5-6-10/h1-4,10,14H,5-8H2,(H2,13,15). The highest BCUT2D eigenvalue weighted by molar-refractivity contribution is 5.75. The summed E-state index contributed by atoms with van der Waals surface area (Å²) >= 11 is 0. The topological polar surface area (TPSA) is 64.4 Å². The van der Waals surface area contributed by atoms with Crippen LogP contribution in [0.2, 0.25) is 0 Å². The Kier molecular flexibility index (Phi) is 3.41. The van der Waals surface area contributed by atoms with E-state index >= 15 is 0 Å². The number of hydrogen-bond acceptors (Lipinski definition) is 3. The SMILES string of the molecule is NC(=O)COc1ccccc1CNC1CC1. The third-order valence-corrected chi connectivity index (χ3v) is 2.50. The van der Waals surface area contributed by atoms with Crippen LogP contribution in [0, 0.1) is 0 Å². The molecule has 1 aromatic rings. The molecule has 0 aromatic heterocycles. The van der Waals surface area contributed by atoms with Gasteiger partial charge in [0.1, 0.15) is 5.75 Å². The van der Waals surface area contributed by atoms with E-state index in [2.05, 4.69) is 5.32 Å². The summed E-state index contributed by atoms with van der Waals surface area (Å²) in [5.41, 5.74) is 6.11. The van der Waals surface area contributed by atoms with Gasteiger partial charge < -0.3 is 15.8 Å². The molecule has 0 heterocycles. The number of ether oxygens (including phenoxy) is 1. The first-order valence-corrected chi connectivity index (χ1v) is 5.48. The van der Waals surface area contributed by atoms with E-state index in [1.54, 1.807) is 0 Å². The van der Waals surface area contributed by atoms with E-state index in [1.165, 1.54) is 12.8 Å². The van der Waals surface area contributed by atoms with Crippen LogP contribution in [0.5, 0.6) is 5.75 Å². The van der Waals surface area contributed by atoms with Gasteiger partial charge in [0.2, 0.25) is 0 Å². The lowest BCUT2D eigenvalue weighted by molar-refractivity contribution is -0.119. The normalized spacial score (nSPS) is 14.8. The molecule has 1 amide bonds. The van der Waals surface area contributed by atoms with Crippen LogP contribution in [0.1, 0.15) is 18.4 Å². The summed E-state index contributed by atoms with van der Waals surface area (Å²) in [7, 11) is 0. The van der Waals surface area contributed by atoms with Gasteiger partial charge in [-0.05, 0) is 18.9 Å². The number of nitrogens with one attached hydrogen (secondary N) is 1. The Labute approximate surface area is 94.8 Å². The summed E-state index contributed by atoms with van der Waals surface area (Å²) in [5, 5.41) is 3.40. The molecule has 0 aliphatic heterocycles. The van der Waals surface area contributed by atoms with Crippen LogP contribution in [-0.4, -0.2) is 18.6 Å². The quantitative estimate of drug-likeness (QED) is 0.745. The van der Waals surface area contributed by atoms with E-state index < -0.39 is 5.91 Å². The maximum absolute atomic E-state index is 10.6. The van der Waals surface area contributed by atoms with Gasteiger partial charge in [-0.2, -0.15) is 0 Å². The molecule has 0 spiro atoms. The number of nitrogens with two attached hydrogens (primary N) is 1. The Morgan fingerprint density at radius 1 is 1.44 bits per heavy atom. The van der Waals surface area contributed by atoms with Crippen LogP contribution >= 0.6 is 0 Å². The fourth-order valence-corrected chi connectivity index (χ4v) is 1.48. The van der Waals surface area contributed by atoms with Crippen LogP contribution in [-0.2, 0) is 11.3 Å². The molecule has 1 aliphatic rings. The smallest absolute Gasteiger partial charge is 0.255 e. The number of primary amides is 1. The summed E-state index contributed by atoms with van der Waals surface area (Å²) in [6.07, 6.45) is 2.51. The minimum Gasteiger partial charge on any atom is -0.483 e. The number of amides is 1. The molecule has 1 fully saturated rings. The van der Waals surface area contributed by atoms with E-state index in [1.807, 2.05) is 24.3 Å². The Balaban J connectivity index is 1.94. The number of benzene rings is 1. The summed E-state index contributed by atoms with van der Waals surface area (Å²) in [4.78, 5) is 10.6. The highest BCUT2D eigenvalue weighted by atomic mass is 16.5. The summed E-state index contributed by atoms with van der Waals surface area (Å²) in [5.74, 6) is 0.277. The summed E-state index contributed by atoms with van der Waals surface area (Å²) < 4.78 is 5.34. The lowest BCUT2D eigenvalue weighted by Gasteiger charge is -2.10. The second-order valence-electron chi connectivity index (χ2n) is 4.02. The van der Waals surface area contributed by atoms with Gasteiger partial charge >= 0.3 is 0 Å². The molecule has 2 rings (SSSR count). The maximum atomic E-state index is 10.6. The summed E-state index contributed by atoms with van der Waals surface area (Å²) in [6.45, 7) is 0.708. The molecule has 0 radical (unpaired) electrons. The van der Waals surface area contributed by atoms with Crippen LogP contribution in [0.15, 0.2) is 24.3 Å². The lowest BCUT2D eigenvalue weighted by atomic mass is 10.2. The van der Waals surface area contributed by atoms with Gasteiger partial charge in [0.05, 0.1) is 0 Å². The number of carbonyl (C=O) groups excluding carboxylic acids is 1. The van der Waals surface area contributed by atoms with Crippen molar-refractivity contribution < 1.29 is 9.53 Å². The molecule has 16 heavy (non-hydrogen) atoms. The molecule has 1 saturated carbocycles. The molecular formula is C12H16N2O2. The van der Waals surface area contributed by atoms with Crippen molar-refractivity contribution in [3.63, 3.8) is 0 Å². The van der Waals surface area contributed by atoms with Crippen LogP contribution in [0.25, 0.3) is 0 Å². The Morgan fingerprint density at radius 3 is 2.88 bits per heavy atom. The molecular weight excluding hydrogens is 204 g/mol.